The molecule has 24 nitrogen and oxygen atoms in total. The van der Waals surface area contributed by atoms with E-state index in [-0.39, 0.29) is 83.6 Å². The third kappa shape index (κ3) is 14.4. The zero-order chi connectivity index (χ0) is 71.5. The molecule has 12 unspecified atom stereocenters. The monoisotopic (exact) mass is 1530 g/mol. The van der Waals surface area contributed by atoms with Crippen LogP contribution in [0.15, 0.2) is 134 Å². The quantitative estimate of drug-likeness (QED) is 0.0645. The first-order valence-electron chi connectivity index (χ1n) is 32.4. The average Bonchev–Trinajstić information content (AvgIpc) is 1.72. The molecular weight excluding hydrogens is 1470 g/mol. The third-order valence-electron chi connectivity index (χ3n) is 18.3. The van der Waals surface area contributed by atoms with Crippen LogP contribution in [0, 0.1) is 37.1 Å². The Kier molecular flexibility index (Phi) is 20.5. The average molecular weight is 1530 g/mol. The summed E-state index contributed by atoms with van der Waals surface area (Å²) in [7, 11) is 0. The first-order chi connectivity index (χ1) is 49.8. The maximum atomic E-state index is 15.1. The molecule has 0 N–H and O–H groups in total. The van der Waals surface area contributed by atoms with Gasteiger partial charge in [0.2, 0.25) is 11.8 Å². The molecule has 0 bridgehead atoms. The molecule has 5 aliphatic heterocycles. The van der Waals surface area contributed by atoms with E-state index in [1.54, 1.807) is 60.0 Å². The summed E-state index contributed by atoms with van der Waals surface area (Å²) >= 11 is 38.7. The number of halogens is 10. The Labute approximate surface area is 614 Å². The topological polar surface area (TPSA) is 237 Å². The van der Waals surface area contributed by atoms with E-state index in [2.05, 4.69) is 20.6 Å². The van der Waals surface area contributed by atoms with Gasteiger partial charge in [-0.15, -0.1) is 10.2 Å². The molecule has 9 heterocycles. The zero-order valence-electron chi connectivity index (χ0n) is 54.1. The molecule has 0 aliphatic carbocycles. The summed E-state index contributed by atoms with van der Waals surface area (Å²) in [4.78, 5) is 42.9. The van der Waals surface area contributed by atoms with Crippen molar-refractivity contribution in [2.75, 3.05) is 52.6 Å². The van der Waals surface area contributed by atoms with Gasteiger partial charge in [-0.1, -0.05) is 141 Å². The van der Waals surface area contributed by atoms with Crippen LogP contribution >= 0.6 is 69.6 Å². The fraction of sp³-hybridized carbons (Fsp3) is 0.333. The van der Waals surface area contributed by atoms with Gasteiger partial charge < -0.3 is 47.7 Å². The number of rotatable bonds is 16. The van der Waals surface area contributed by atoms with Crippen molar-refractivity contribution in [2.45, 2.75) is 93.8 Å². The molecule has 4 aromatic heterocycles. The van der Waals surface area contributed by atoms with Crippen LogP contribution in [0.3, 0.4) is 0 Å². The molecule has 103 heavy (non-hydrogen) atoms. The van der Waals surface area contributed by atoms with Gasteiger partial charge in [-0.2, -0.15) is 10.2 Å². The van der Waals surface area contributed by atoms with E-state index in [1.807, 2.05) is 60.7 Å². The highest BCUT2D eigenvalue weighted by Gasteiger charge is 2.56. The van der Waals surface area contributed by atoms with Crippen LogP contribution in [-0.2, 0) is 47.5 Å². The van der Waals surface area contributed by atoms with Crippen molar-refractivity contribution < 1.29 is 65.0 Å². The summed E-state index contributed by atoms with van der Waals surface area (Å²) in [5, 5.41) is 27.0. The maximum Gasteiger partial charge on any atom is 0.248 e. The molecule has 10 aromatic rings. The minimum Gasteiger partial charge on any atom is -0.363 e. The van der Waals surface area contributed by atoms with Crippen molar-refractivity contribution in [3.8, 4) is 33.9 Å². The zero-order valence-corrected chi connectivity index (χ0v) is 58.7. The fourth-order valence-electron chi connectivity index (χ4n) is 13.5. The Balaban J connectivity index is 0.732. The lowest BCUT2D eigenvalue weighted by molar-refractivity contribution is -0.322. The van der Waals surface area contributed by atoms with Crippen LogP contribution in [0.1, 0.15) is 77.7 Å². The molecule has 6 aromatic carbocycles. The normalized spacial score (nSPS) is 24.4. The van der Waals surface area contributed by atoms with Crippen LogP contribution < -0.4 is 0 Å². The van der Waals surface area contributed by atoms with Crippen molar-refractivity contribution in [3.05, 3.63) is 222 Å². The van der Waals surface area contributed by atoms with Crippen LogP contribution in [0.5, 0.6) is 0 Å². The molecule has 0 saturated carbocycles. The second-order valence-corrected chi connectivity index (χ2v) is 27.4. The number of ether oxygens (including phenoxy) is 8. The van der Waals surface area contributed by atoms with Gasteiger partial charge in [-0.25, -0.2) is 46.3 Å². The van der Waals surface area contributed by atoms with Gasteiger partial charge in [0.05, 0.1) is 47.0 Å². The number of aryl methyl sites for hydroxylation is 2. The van der Waals surface area contributed by atoms with E-state index < -0.39 is 132 Å². The molecule has 0 radical (unpaired) electrons. The van der Waals surface area contributed by atoms with Gasteiger partial charge in [0.15, 0.2) is 24.2 Å². The van der Waals surface area contributed by atoms with Gasteiger partial charge in [0.25, 0.3) is 0 Å². The number of carbonyl (C=O) groups excluding carboxylic acids is 2. The Morgan fingerprint density at radius 3 is 1.31 bits per heavy atom. The molecule has 534 valence electrons. The molecule has 2 amide bonds. The Bertz CT molecular complexity index is 4480. The minimum atomic E-state index is -1.27. The number of carbonyl (C=O) groups is 2. The van der Waals surface area contributed by atoms with Crippen molar-refractivity contribution in [1.29, 1.82) is 0 Å². The Morgan fingerprint density at radius 1 is 0.515 bits per heavy atom. The van der Waals surface area contributed by atoms with E-state index in [0.717, 1.165) is 24.3 Å². The van der Waals surface area contributed by atoms with Gasteiger partial charge in [-0.3, -0.25) is 9.59 Å². The SMILES string of the molecule is Cc1nc(C2OC3COC(c4ccccc4)OC3C(n3cc(-c4cc(F)c(Cl)c(F)c4)nn3)C2OCC(=O)N2CCCN(C(=O)COC3C(c4nc(C)nn4-c4cc(Cl)ccc4Cl)OC4COC(c5ccccc5)OC4C3n3cc(-c4cc(F)c(Cl)c(F)c4)nn3)CC2)n(-c2cc(Cl)ccc2Cl)n1. The molecule has 34 heteroatoms. The van der Waals surface area contributed by atoms with E-state index in [0.29, 0.717) is 50.6 Å². The molecule has 15 rings (SSSR count). The molecular formula is C69H58Cl6F4N14O10. The largest absolute Gasteiger partial charge is 0.363 e. The van der Waals surface area contributed by atoms with Gasteiger partial charge in [-0.05, 0) is 80.9 Å². The van der Waals surface area contributed by atoms with Crippen LogP contribution in [0.4, 0.5) is 17.6 Å². The van der Waals surface area contributed by atoms with Crippen LogP contribution in [0.25, 0.3) is 33.9 Å². The van der Waals surface area contributed by atoms with Gasteiger partial charge in [0, 0.05) is 58.5 Å². The van der Waals surface area contributed by atoms with E-state index >= 15 is 27.2 Å². The smallest absolute Gasteiger partial charge is 0.248 e. The summed E-state index contributed by atoms with van der Waals surface area (Å²) in [6, 6.07) is 30.0. The van der Waals surface area contributed by atoms with E-state index in [1.165, 1.54) is 31.1 Å². The highest BCUT2D eigenvalue weighted by atomic mass is 35.5. The van der Waals surface area contributed by atoms with Crippen LogP contribution in [-0.4, -0.2) is 170 Å². The predicted octanol–water partition coefficient (Wildman–Crippen LogP) is 12.6. The standard InChI is InChI=1S/C69H58Cl6F4N14O10/c1-34-80-66(92(84-34)50-26-40(70)14-16-42(50)72)64-62(58(60-52(100-64)30-98-68(102-60)36-10-5-3-6-11-36)90-28-48(82-86-90)38-22-44(76)56(74)45(77)23-38)96-32-54(94)88-18-9-19-89(21-20-88)55(95)33-97-63-59(91-29-49(83-87-91)39-24-46(78)57(75)47(79)25-39)61-53(31-99-69(103-61)37-12-7-4-8-13-37)101-65(63)67-81-35(2)85-93(67)51-27-41(71)15-17-43(51)73/h3-8,10-17,22-29,52-53,58-65,68-69H,9,18-21,30-33H2,1-2H3. The predicted molar refractivity (Wildman–Crippen MR) is 364 cm³/mol. The summed E-state index contributed by atoms with van der Waals surface area (Å²) in [5.41, 5.74) is 2.17. The Hall–Kier alpha value is -8.04. The van der Waals surface area contributed by atoms with Gasteiger partial charge in [0.1, 0.15) is 130 Å². The molecule has 12 atom stereocenters. The lowest BCUT2D eigenvalue weighted by Gasteiger charge is -2.49. The first-order valence-corrected chi connectivity index (χ1v) is 34.7. The number of hydrogen-bond donors (Lipinski definition) is 0. The molecule has 5 fully saturated rings. The van der Waals surface area contributed by atoms with E-state index in [9.17, 15) is 0 Å². The number of aromatic nitrogens is 12. The van der Waals surface area contributed by atoms with Gasteiger partial charge >= 0.3 is 0 Å². The number of fused-ring (bicyclic) bond motifs is 2. The summed E-state index contributed by atoms with van der Waals surface area (Å²) < 4.78 is 120. The highest BCUT2D eigenvalue weighted by Crippen LogP contribution is 2.49. The summed E-state index contributed by atoms with van der Waals surface area (Å²) in [5.74, 6) is -4.11. The van der Waals surface area contributed by atoms with Crippen molar-refractivity contribution >= 4 is 81.4 Å². The second kappa shape index (κ2) is 29.8. The second-order valence-electron chi connectivity index (χ2n) is 24.9. The van der Waals surface area contributed by atoms with Crippen molar-refractivity contribution in [3.63, 3.8) is 0 Å². The number of nitrogens with zero attached hydrogens (tertiary/aromatic N) is 14. The van der Waals surface area contributed by atoms with Crippen LogP contribution in [0.2, 0.25) is 30.1 Å². The summed E-state index contributed by atoms with van der Waals surface area (Å²) in [6.07, 6.45) is -7.39. The van der Waals surface area contributed by atoms with E-state index in [4.69, 9.17) is 128 Å². The minimum absolute atomic E-state index is 0.0164. The number of amides is 2. The molecule has 0 spiro atoms. The fourth-order valence-corrected chi connectivity index (χ4v) is 14.4. The molecule has 5 saturated heterocycles. The lowest BCUT2D eigenvalue weighted by atomic mass is 9.90. The number of benzene rings is 6. The first kappa shape index (κ1) is 70.6. The van der Waals surface area contributed by atoms with Crippen molar-refractivity contribution in [2.24, 2.45) is 0 Å². The third-order valence-corrected chi connectivity index (χ3v) is 20.1. The number of hydrogen-bond acceptors (Lipinski definition) is 18. The maximum absolute atomic E-state index is 15.1. The summed E-state index contributed by atoms with van der Waals surface area (Å²) in [6.45, 7) is 2.51. The Morgan fingerprint density at radius 2 is 0.913 bits per heavy atom. The molecule has 5 aliphatic rings. The highest BCUT2D eigenvalue weighted by molar-refractivity contribution is 6.35. The van der Waals surface area contributed by atoms with Crippen molar-refractivity contribution in [1.82, 2.24) is 69.3 Å². The lowest BCUT2D eigenvalue weighted by Crippen LogP contribution is -2.58.